The molecule has 0 aromatic heterocycles. The Morgan fingerprint density at radius 1 is 1.25 bits per heavy atom. The van der Waals surface area contributed by atoms with Crippen LogP contribution in [0.1, 0.15) is 47.8 Å². The number of methoxy groups -OCH3 is 1. The van der Waals surface area contributed by atoms with Gasteiger partial charge in [-0.2, -0.15) is 0 Å². The quantitative estimate of drug-likeness (QED) is 0.926. The van der Waals surface area contributed by atoms with Gasteiger partial charge in [-0.15, -0.1) is 0 Å². The molecule has 4 heteroatoms. The highest BCUT2D eigenvalue weighted by molar-refractivity contribution is 5.95. The summed E-state index contributed by atoms with van der Waals surface area (Å²) >= 11 is 0. The normalized spacial score (nSPS) is 18.2. The highest BCUT2D eigenvalue weighted by Gasteiger charge is 2.34. The van der Waals surface area contributed by atoms with Crippen molar-refractivity contribution in [3.63, 3.8) is 0 Å². The van der Waals surface area contributed by atoms with Crippen LogP contribution in [0, 0.1) is 6.92 Å². The Labute approximate surface area is 142 Å². The maximum absolute atomic E-state index is 12.7. The van der Waals surface area contributed by atoms with E-state index >= 15 is 0 Å². The third-order valence-electron chi connectivity index (χ3n) is 4.34. The Morgan fingerprint density at radius 3 is 2.71 bits per heavy atom. The van der Waals surface area contributed by atoms with E-state index in [0.29, 0.717) is 5.56 Å². The first-order chi connectivity index (χ1) is 11.4. The molecule has 0 spiro atoms. The van der Waals surface area contributed by atoms with Crippen LogP contribution in [0.15, 0.2) is 42.5 Å². The molecule has 1 N–H and O–H groups in total. The van der Waals surface area contributed by atoms with Crippen LogP contribution in [0.3, 0.4) is 0 Å². The van der Waals surface area contributed by atoms with E-state index in [0.717, 1.165) is 29.0 Å². The monoisotopic (exact) mass is 325 g/mol. The van der Waals surface area contributed by atoms with Crippen LogP contribution in [-0.4, -0.2) is 18.6 Å². The molecule has 0 bridgehead atoms. The van der Waals surface area contributed by atoms with Gasteiger partial charge in [0.1, 0.15) is 17.1 Å². The standard InChI is InChI=1S/C20H23NO3/c1-13-11-14(9-10-17(13)23-4)19(22)21-16-12-20(2,3)24-18-8-6-5-7-15(16)18/h5-11,16H,12H2,1-4H3,(H,21,22)/t16-/m1/s1. The molecule has 0 aliphatic carbocycles. The molecule has 1 aliphatic heterocycles. The van der Waals surface area contributed by atoms with Gasteiger partial charge in [-0.25, -0.2) is 0 Å². The highest BCUT2D eigenvalue weighted by Crippen LogP contribution is 2.39. The summed E-state index contributed by atoms with van der Waals surface area (Å²) in [5.74, 6) is 1.53. The molecule has 0 saturated carbocycles. The summed E-state index contributed by atoms with van der Waals surface area (Å²) in [4.78, 5) is 12.7. The summed E-state index contributed by atoms with van der Waals surface area (Å²) in [6.07, 6.45) is 0.727. The smallest absolute Gasteiger partial charge is 0.251 e. The second-order valence-electron chi connectivity index (χ2n) is 6.81. The largest absolute Gasteiger partial charge is 0.496 e. The highest BCUT2D eigenvalue weighted by atomic mass is 16.5. The number of nitrogens with one attached hydrogen (secondary N) is 1. The molecule has 126 valence electrons. The van der Waals surface area contributed by atoms with Gasteiger partial charge < -0.3 is 14.8 Å². The minimum atomic E-state index is -0.317. The van der Waals surface area contributed by atoms with Crippen molar-refractivity contribution in [2.75, 3.05) is 7.11 Å². The van der Waals surface area contributed by atoms with E-state index in [4.69, 9.17) is 9.47 Å². The summed E-state index contributed by atoms with van der Waals surface area (Å²) in [5.41, 5.74) is 2.28. The number of carbonyl (C=O) groups excluding carboxylic acids is 1. The summed E-state index contributed by atoms with van der Waals surface area (Å²) in [5, 5.41) is 3.15. The van der Waals surface area contributed by atoms with Gasteiger partial charge in [-0.3, -0.25) is 4.79 Å². The summed E-state index contributed by atoms with van der Waals surface area (Å²) in [6, 6.07) is 13.3. The number of ether oxygens (including phenoxy) is 2. The molecule has 1 atom stereocenters. The summed E-state index contributed by atoms with van der Waals surface area (Å²) in [7, 11) is 1.63. The van der Waals surface area contributed by atoms with Crippen molar-refractivity contribution >= 4 is 5.91 Å². The molecule has 0 radical (unpaired) electrons. The lowest BCUT2D eigenvalue weighted by molar-refractivity contribution is 0.0619. The fourth-order valence-electron chi connectivity index (χ4n) is 3.19. The molecule has 0 unspecified atom stereocenters. The van der Waals surface area contributed by atoms with Gasteiger partial charge in [0.05, 0.1) is 13.2 Å². The average Bonchev–Trinajstić information content (AvgIpc) is 2.53. The van der Waals surface area contributed by atoms with E-state index in [9.17, 15) is 4.79 Å². The number of rotatable bonds is 3. The van der Waals surface area contributed by atoms with E-state index in [-0.39, 0.29) is 17.6 Å². The Kier molecular flexibility index (Phi) is 4.22. The Hall–Kier alpha value is -2.49. The number of amides is 1. The van der Waals surface area contributed by atoms with Crippen molar-refractivity contribution in [1.29, 1.82) is 0 Å². The maximum Gasteiger partial charge on any atom is 0.251 e. The summed E-state index contributed by atoms with van der Waals surface area (Å²) in [6.45, 7) is 6.02. The van der Waals surface area contributed by atoms with E-state index in [1.165, 1.54) is 0 Å². The molecule has 2 aromatic carbocycles. The first kappa shape index (κ1) is 16.4. The maximum atomic E-state index is 12.7. The molecule has 1 amide bonds. The number of aryl methyl sites for hydroxylation is 1. The molecular formula is C20H23NO3. The average molecular weight is 325 g/mol. The predicted molar refractivity (Wildman–Crippen MR) is 93.7 cm³/mol. The first-order valence-electron chi connectivity index (χ1n) is 8.13. The van der Waals surface area contributed by atoms with Crippen molar-refractivity contribution in [1.82, 2.24) is 5.32 Å². The number of para-hydroxylation sites is 1. The number of hydrogen-bond donors (Lipinski definition) is 1. The second kappa shape index (κ2) is 6.19. The molecule has 4 nitrogen and oxygen atoms in total. The molecule has 1 heterocycles. The fourth-order valence-corrected chi connectivity index (χ4v) is 3.19. The van der Waals surface area contributed by atoms with Crippen LogP contribution in [0.2, 0.25) is 0 Å². The van der Waals surface area contributed by atoms with Gasteiger partial charge in [-0.1, -0.05) is 18.2 Å². The van der Waals surface area contributed by atoms with Gasteiger partial charge in [0, 0.05) is 17.5 Å². The molecule has 0 saturated heterocycles. The zero-order chi connectivity index (χ0) is 17.3. The van der Waals surface area contributed by atoms with Crippen molar-refractivity contribution in [3.8, 4) is 11.5 Å². The van der Waals surface area contributed by atoms with E-state index in [2.05, 4.69) is 5.32 Å². The van der Waals surface area contributed by atoms with Crippen LogP contribution in [0.5, 0.6) is 11.5 Å². The summed E-state index contributed by atoms with van der Waals surface area (Å²) < 4.78 is 11.3. The minimum absolute atomic E-state index is 0.0696. The van der Waals surface area contributed by atoms with Crippen molar-refractivity contribution < 1.29 is 14.3 Å². The van der Waals surface area contributed by atoms with Gasteiger partial charge in [-0.05, 0) is 50.6 Å². The number of fused-ring (bicyclic) bond motifs is 1. The van der Waals surface area contributed by atoms with Crippen LogP contribution in [0.4, 0.5) is 0 Å². The Bertz CT molecular complexity index is 767. The van der Waals surface area contributed by atoms with Gasteiger partial charge in [0.15, 0.2) is 0 Å². The van der Waals surface area contributed by atoms with Crippen molar-refractivity contribution in [3.05, 3.63) is 59.2 Å². The Balaban J connectivity index is 1.85. The van der Waals surface area contributed by atoms with E-state index in [1.54, 1.807) is 13.2 Å². The van der Waals surface area contributed by atoms with Crippen LogP contribution >= 0.6 is 0 Å². The lowest BCUT2D eigenvalue weighted by Crippen LogP contribution is -2.41. The fraction of sp³-hybridized carbons (Fsp3) is 0.350. The Morgan fingerprint density at radius 2 is 2.00 bits per heavy atom. The molecule has 24 heavy (non-hydrogen) atoms. The third-order valence-corrected chi connectivity index (χ3v) is 4.34. The predicted octanol–water partition coefficient (Wildman–Crippen LogP) is 4.04. The zero-order valence-corrected chi connectivity index (χ0v) is 14.6. The SMILES string of the molecule is COc1ccc(C(=O)N[C@@H]2CC(C)(C)Oc3ccccc32)cc1C. The van der Waals surface area contributed by atoms with Crippen LogP contribution in [0.25, 0.3) is 0 Å². The molecular weight excluding hydrogens is 302 g/mol. The first-order valence-corrected chi connectivity index (χ1v) is 8.13. The number of benzene rings is 2. The lowest BCUT2D eigenvalue weighted by atomic mass is 9.89. The topological polar surface area (TPSA) is 47.6 Å². The van der Waals surface area contributed by atoms with Gasteiger partial charge in [0.2, 0.25) is 0 Å². The van der Waals surface area contributed by atoms with Crippen molar-refractivity contribution in [2.45, 2.75) is 38.8 Å². The number of hydrogen-bond acceptors (Lipinski definition) is 3. The number of carbonyl (C=O) groups is 1. The lowest BCUT2D eigenvalue weighted by Gasteiger charge is -2.37. The van der Waals surface area contributed by atoms with Crippen LogP contribution in [-0.2, 0) is 0 Å². The van der Waals surface area contributed by atoms with E-state index < -0.39 is 0 Å². The van der Waals surface area contributed by atoms with Crippen LogP contribution < -0.4 is 14.8 Å². The zero-order valence-electron chi connectivity index (χ0n) is 14.6. The molecule has 3 rings (SSSR count). The minimum Gasteiger partial charge on any atom is -0.496 e. The second-order valence-corrected chi connectivity index (χ2v) is 6.81. The van der Waals surface area contributed by atoms with Crippen molar-refractivity contribution in [2.24, 2.45) is 0 Å². The van der Waals surface area contributed by atoms with Gasteiger partial charge in [0.25, 0.3) is 5.91 Å². The molecule has 1 aliphatic rings. The molecule has 0 fully saturated rings. The molecule has 2 aromatic rings. The van der Waals surface area contributed by atoms with E-state index in [1.807, 2.05) is 57.2 Å². The third kappa shape index (κ3) is 3.23. The van der Waals surface area contributed by atoms with Gasteiger partial charge >= 0.3 is 0 Å².